The minimum absolute atomic E-state index is 0.0928. The van der Waals surface area contributed by atoms with Crippen molar-refractivity contribution in [3.63, 3.8) is 0 Å². The molecule has 2 rings (SSSR count). The number of nitrogens with zero attached hydrogens (tertiary/aromatic N) is 4. The van der Waals surface area contributed by atoms with Crippen molar-refractivity contribution in [3.05, 3.63) is 33.0 Å². The molecule has 0 aliphatic heterocycles. The van der Waals surface area contributed by atoms with Crippen LogP contribution in [-0.4, -0.2) is 19.9 Å². The third-order valence-corrected chi connectivity index (χ3v) is 3.17. The Morgan fingerprint density at radius 3 is 2.89 bits per heavy atom. The third kappa shape index (κ3) is 2.35. The van der Waals surface area contributed by atoms with Crippen LogP contribution in [0.2, 0.25) is 0 Å². The zero-order valence-electron chi connectivity index (χ0n) is 9.40. The predicted molar refractivity (Wildman–Crippen MR) is 67.3 cm³/mol. The summed E-state index contributed by atoms with van der Waals surface area (Å²) in [5.41, 5.74) is 5.15. The maximum absolute atomic E-state index is 10.9. The molecule has 0 amide bonds. The van der Waals surface area contributed by atoms with Gasteiger partial charge in [-0.15, -0.1) is 11.3 Å². The number of aromatic nitrogens is 3. The van der Waals surface area contributed by atoms with Crippen LogP contribution in [0.1, 0.15) is 18.0 Å². The van der Waals surface area contributed by atoms with E-state index in [-0.39, 0.29) is 23.4 Å². The molecule has 0 saturated carbocycles. The van der Waals surface area contributed by atoms with Crippen molar-refractivity contribution in [1.82, 2.24) is 15.0 Å². The number of anilines is 2. The van der Waals surface area contributed by atoms with E-state index in [0.29, 0.717) is 0 Å². The van der Waals surface area contributed by atoms with Crippen LogP contribution < -0.4 is 11.1 Å². The second-order valence-corrected chi connectivity index (χ2v) is 4.38. The highest BCUT2D eigenvalue weighted by molar-refractivity contribution is 7.09. The van der Waals surface area contributed by atoms with Gasteiger partial charge in [-0.1, -0.05) is 0 Å². The van der Waals surface area contributed by atoms with Crippen molar-refractivity contribution >= 4 is 28.7 Å². The van der Waals surface area contributed by atoms with Crippen molar-refractivity contribution < 1.29 is 4.92 Å². The lowest BCUT2D eigenvalue weighted by atomic mass is 10.3. The first-order valence-electron chi connectivity index (χ1n) is 5.00. The molecule has 8 nitrogen and oxygen atoms in total. The molecule has 0 aliphatic rings. The van der Waals surface area contributed by atoms with Gasteiger partial charge < -0.3 is 11.1 Å². The van der Waals surface area contributed by atoms with Crippen LogP contribution >= 0.6 is 11.3 Å². The molecule has 0 bridgehead atoms. The Labute approximate surface area is 106 Å². The SMILES string of the molecule is CC(Nc1ncnc(N)c1[N+](=O)[O-])c1nccs1. The van der Waals surface area contributed by atoms with Crippen LogP contribution in [0.5, 0.6) is 0 Å². The summed E-state index contributed by atoms with van der Waals surface area (Å²) >= 11 is 1.45. The minimum atomic E-state index is -0.605. The fraction of sp³-hybridized carbons (Fsp3) is 0.222. The standard InChI is InChI=1S/C9H10N6O2S/c1-5(9-11-2-3-18-9)14-8-6(15(16)17)7(10)12-4-13-8/h2-5H,1H3,(H3,10,12,13,14). The van der Waals surface area contributed by atoms with Gasteiger partial charge in [0.1, 0.15) is 11.3 Å². The van der Waals surface area contributed by atoms with E-state index < -0.39 is 4.92 Å². The largest absolute Gasteiger partial charge is 0.378 e. The third-order valence-electron chi connectivity index (χ3n) is 2.21. The molecule has 1 atom stereocenters. The molecule has 0 radical (unpaired) electrons. The smallest absolute Gasteiger partial charge is 0.353 e. The number of rotatable bonds is 4. The molecule has 1 unspecified atom stereocenters. The summed E-state index contributed by atoms with van der Waals surface area (Å²) < 4.78 is 0. The average Bonchev–Trinajstić information content (AvgIpc) is 2.81. The van der Waals surface area contributed by atoms with Crippen LogP contribution in [0.4, 0.5) is 17.3 Å². The van der Waals surface area contributed by atoms with Gasteiger partial charge in [-0.25, -0.2) is 15.0 Å². The lowest BCUT2D eigenvalue weighted by molar-refractivity contribution is -0.383. The first-order chi connectivity index (χ1) is 8.59. The lowest BCUT2D eigenvalue weighted by Gasteiger charge is -2.11. The fourth-order valence-corrected chi connectivity index (χ4v) is 2.04. The Bertz CT molecular complexity index is 558. The summed E-state index contributed by atoms with van der Waals surface area (Å²) in [5, 5.41) is 16.4. The highest BCUT2D eigenvalue weighted by Crippen LogP contribution is 2.29. The lowest BCUT2D eigenvalue weighted by Crippen LogP contribution is -2.11. The molecular weight excluding hydrogens is 256 g/mol. The van der Waals surface area contributed by atoms with Gasteiger partial charge in [0.05, 0.1) is 11.0 Å². The highest BCUT2D eigenvalue weighted by Gasteiger charge is 2.22. The van der Waals surface area contributed by atoms with Crippen LogP contribution in [0, 0.1) is 10.1 Å². The van der Waals surface area contributed by atoms with Gasteiger partial charge in [0.2, 0.25) is 11.6 Å². The molecule has 0 fully saturated rings. The van der Waals surface area contributed by atoms with Crippen molar-refractivity contribution in [3.8, 4) is 0 Å². The second-order valence-electron chi connectivity index (χ2n) is 3.45. The summed E-state index contributed by atoms with van der Waals surface area (Å²) in [7, 11) is 0. The minimum Gasteiger partial charge on any atom is -0.378 e. The monoisotopic (exact) mass is 266 g/mol. The van der Waals surface area contributed by atoms with E-state index >= 15 is 0 Å². The summed E-state index contributed by atoms with van der Waals surface area (Å²) in [5.74, 6) is -0.0703. The average molecular weight is 266 g/mol. The van der Waals surface area contributed by atoms with E-state index in [4.69, 9.17) is 5.73 Å². The summed E-state index contributed by atoms with van der Waals surface area (Å²) in [6.07, 6.45) is 2.85. The Hall–Kier alpha value is -2.29. The number of nitrogen functional groups attached to an aromatic ring is 1. The molecular formula is C9H10N6O2S. The van der Waals surface area contributed by atoms with Crippen molar-refractivity contribution in [2.45, 2.75) is 13.0 Å². The first-order valence-corrected chi connectivity index (χ1v) is 5.88. The van der Waals surface area contributed by atoms with E-state index in [1.807, 2.05) is 12.3 Å². The number of nitrogens with two attached hydrogens (primary N) is 1. The molecule has 0 aromatic carbocycles. The summed E-state index contributed by atoms with van der Waals surface area (Å²) in [6.45, 7) is 1.83. The van der Waals surface area contributed by atoms with Gasteiger partial charge >= 0.3 is 5.69 Å². The van der Waals surface area contributed by atoms with Crippen molar-refractivity contribution in [2.75, 3.05) is 11.1 Å². The number of nitro groups is 1. The Morgan fingerprint density at radius 2 is 2.28 bits per heavy atom. The van der Waals surface area contributed by atoms with E-state index in [1.165, 1.54) is 17.7 Å². The van der Waals surface area contributed by atoms with E-state index in [2.05, 4.69) is 20.3 Å². The molecule has 0 saturated heterocycles. The topological polar surface area (TPSA) is 120 Å². The number of nitrogens with one attached hydrogen (secondary N) is 1. The summed E-state index contributed by atoms with van der Waals surface area (Å²) in [6, 6.07) is -0.196. The molecule has 2 aromatic heterocycles. The number of thiazole rings is 1. The van der Waals surface area contributed by atoms with Gasteiger partial charge in [-0.2, -0.15) is 0 Å². The molecule has 94 valence electrons. The van der Waals surface area contributed by atoms with Crippen LogP contribution in [0.3, 0.4) is 0 Å². The highest BCUT2D eigenvalue weighted by atomic mass is 32.1. The van der Waals surface area contributed by atoms with Crippen LogP contribution in [-0.2, 0) is 0 Å². The quantitative estimate of drug-likeness (QED) is 0.636. The van der Waals surface area contributed by atoms with E-state index in [1.54, 1.807) is 6.20 Å². The maximum Gasteiger partial charge on any atom is 0.353 e. The van der Waals surface area contributed by atoms with Gasteiger partial charge in [0.15, 0.2) is 0 Å². The molecule has 0 spiro atoms. The number of hydrogen-bond donors (Lipinski definition) is 2. The maximum atomic E-state index is 10.9. The van der Waals surface area contributed by atoms with Crippen LogP contribution in [0.15, 0.2) is 17.9 Å². The predicted octanol–water partition coefficient (Wildman–Crippen LogP) is 1.60. The summed E-state index contributed by atoms with van der Waals surface area (Å²) in [4.78, 5) is 21.9. The van der Waals surface area contributed by atoms with Crippen molar-refractivity contribution in [1.29, 1.82) is 0 Å². The fourth-order valence-electron chi connectivity index (χ4n) is 1.39. The Balaban J connectivity index is 2.29. The molecule has 18 heavy (non-hydrogen) atoms. The van der Waals surface area contributed by atoms with Gasteiger partial charge in [-0.05, 0) is 6.92 Å². The molecule has 2 heterocycles. The zero-order valence-corrected chi connectivity index (χ0v) is 10.2. The molecule has 2 aromatic rings. The molecule has 3 N–H and O–H groups in total. The normalized spacial score (nSPS) is 12.1. The Morgan fingerprint density at radius 1 is 1.50 bits per heavy atom. The van der Waals surface area contributed by atoms with Gasteiger partial charge in [-0.3, -0.25) is 10.1 Å². The van der Waals surface area contributed by atoms with Gasteiger partial charge in [0, 0.05) is 11.6 Å². The van der Waals surface area contributed by atoms with E-state index in [9.17, 15) is 10.1 Å². The van der Waals surface area contributed by atoms with Crippen molar-refractivity contribution in [2.24, 2.45) is 0 Å². The van der Waals surface area contributed by atoms with Gasteiger partial charge in [0.25, 0.3) is 0 Å². The number of hydrogen-bond acceptors (Lipinski definition) is 8. The second kappa shape index (κ2) is 4.92. The van der Waals surface area contributed by atoms with E-state index in [0.717, 1.165) is 5.01 Å². The Kier molecular flexibility index (Phi) is 3.33. The molecule has 0 aliphatic carbocycles. The zero-order chi connectivity index (χ0) is 13.1. The molecule has 9 heteroatoms. The van der Waals surface area contributed by atoms with Crippen LogP contribution in [0.25, 0.3) is 0 Å². The first kappa shape index (κ1) is 12.2.